The average molecular weight is 275 g/mol. The fraction of sp³-hybridized carbons (Fsp3) is 0.615. The number of hydrogen-bond donors (Lipinski definition) is 0. The number of nitrogens with zero attached hydrogens (tertiary/aromatic N) is 7. The summed E-state index contributed by atoms with van der Waals surface area (Å²) in [5.41, 5.74) is 0.887. The van der Waals surface area contributed by atoms with E-state index < -0.39 is 0 Å². The third-order valence-corrected chi connectivity index (χ3v) is 3.76. The second-order valence-electron chi connectivity index (χ2n) is 5.54. The van der Waals surface area contributed by atoms with Crippen molar-refractivity contribution in [2.24, 2.45) is 7.05 Å². The third kappa shape index (κ3) is 2.18. The van der Waals surface area contributed by atoms with Gasteiger partial charge < -0.3 is 14.7 Å². The molecule has 0 radical (unpaired) electrons. The van der Waals surface area contributed by atoms with Gasteiger partial charge in [-0.3, -0.25) is 4.68 Å². The van der Waals surface area contributed by atoms with Gasteiger partial charge in [-0.1, -0.05) is 0 Å². The van der Waals surface area contributed by atoms with Crippen LogP contribution in [0.2, 0.25) is 0 Å². The van der Waals surface area contributed by atoms with Crippen LogP contribution >= 0.6 is 0 Å². The van der Waals surface area contributed by atoms with Gasteiger partial charge in [0, 0.05) is 47.3 Å². The molecule has 7 heteroatoms. The summed E-state index contributed by atoms with van der Waals surface area (Å²) >= 11 is 0. The second kappa shape index (κ2) is 4.90. The van der Waals surface area contributed by atoms with E-state index in [2.05, 4.69) is 26.9 Å². The molecule has 0 aliphatic carbocycles. The maximum absolute atomic E-state index is 4.73. The van der Waals surface area contributed by atoms with Gasteiger partial charge in [-0.2, -0.15) is 15.1 Å². The SMILES string of the molecule is CN1CCN(c2nc(N(C)C)nc3c2cnn3C)CC1. The van der Waals surface area contributed by atoms with Crippen LogP contribution in [0.1, 0.15) is 0 Å². The van der Waals surface area contributed by atoms with Gasteiger partial charge in [0.1, 0.15) is 5.82 Å². The highest BCUT2D eigenvalue weighted by atomic mass is 15.3. The van der Waals surface area contributed by atoms with E-state index in [0.29, 0.717) is 0 Å². The fourth-order valence-electron chi connectivity index (χ4n) is 2.46. The molecule has 0 amide bonds. The summed E-state index contributed by atoms with van der Waals surface area (Å²) in [6.07, 6.45) is 1.86. The van der Waals surface area contributed by atoms with Gasteiger partial charge in [0.2, 0.25) is 5.95 Å². The van der Waals surface area contributed by atoms with Crippen LogP contribution in [0.4, 0.5) is 11.8 Å². The van der Waals surface area contributed by atoms with Gasteiger partial charge >= 0.3 is 0 Å². The van der Waals surface area contributed by atoms with E-state index in [4.69, 9.17) is 4.98 Å². The van der Waals surface area contributed by atoms with E-state index in [1.54, 1.807) is 0 Å². The molecule has 0 atom stereocenters. The molecule has 2 aromatic rings. The fourth-order valence-corrected chi connectivity index (χ4v) is 2.46. The Morgan fingerprint density at radius 3 is 2.40 bits per heavy atom. The number of aryl methyl sites for hydroxylation is 1. The Bertz CT molecular complexity index is 610. The predicted octanol–water partition coefficient (Wildman–Crippen LogP) is 0.181. The maximum atomic E-state index is 4.73. The van der Waals surface area contributed by atoms with E-state index in [9.17, 15) is 0 Å². The minimum atomic E-state index is 0.732. The first-order valence-electron chi connectivity index (χ1n) is 6.87. The number of fused-ring (bicyclic) bond motifs is 1. The molecule has 2 aromatic heterocycles. The van der Waals surface area contributed by atoms with Crippen molar-refractivity contribution in [2.45, 2.75) is 0 Å². The normalized spacial score (nSPS) is 16.9. The third-order valence-electron chi connectivity index (χ3n) is 3.76. The molecule has 0 N–H and O–H groups in total. The lowest BCUT2D eigenvalue weighted by molar-refractivity contribution is 0.312. The van der Waals surface area contributed by atoms with Crippen LogP contribution in [-0.4, -0.2) is 72.0 Å². The zero-order valence-electron chi connectivity index (χ0n) is 12.5. The van der Waals surface area contributed by atoms with Crippen LogP contribution in [-0.2, 0) is 7.05 Å². The molecule has 3 heterocycles. The van der Waals surface area contributed by atoms with E-state index in [-0.39, 0.29) is 0 Å². The Hall–Kier alpha value is -1.89. The predicted molar refractivity (Wildman–Crippen MR) is 80.3 cm³/mol. The summed E-state index contributed by atoms with van der Waals surface area (Å²) in [6, 6.07) is 0. The van der Waals surface area contributed by atoms with Gasteiger partial charge in [0.15, 0.2) is 5.65 Å². The Morgan fingerprint density at radius 2 is 1.75 bits per heavy atom. The van der Waals surface area contributed by atoms with Gasteiger partial charge in [-0.05, 0) is 7.05 Å². The molecular weight excluding hydrogens is 254 g/mol. The van der Waals surface area contributed by atoms with Crippen LogP contribution in [0.25, 0.3) is 11.0 Å². The second-order valence-corrected chi connectivity index (χ2v) is 5.54. The minimum Gasteiger partial charge on any atom is -0.353 e. The van der Waals surface area contributed by atoms with Crippen molar-refractivity contribution in [1.82, 2.24) is 24.6 Å². The lowest BCUT2D eigenvalue weighted by Gasteiger charge is -2.33. The summed E-state index contributed by atoms with van der Waals surface area (Å²) in [5.74, 6) is 1.73. The number of rotatable bonds is 2. The first-order chi connectivity index (χ1) is 9.56. The zero-order valence-corrected chi connectivity index (χ0v) is 12.5. The lowest BCUT2D eigenvalue weighted by atomic mass is 10.3. The van der Waals surface area contributed by atoms with E-state index in [0.717, 1.165) is 49.0 Å². The largest absolute Gasteiger partial charge is 0.353 e. The van der Waals surface area contributed by atoms with Crippen molar-refractivity contribution in [3.63, 3.8) is 0 Å². The number of piperazine rings is 1. The minimum absolute atomic E-state index is 0.732. The number of hydrogen-bond acceptors (Lipinski definition) is 6. The standard InChI is InChI=1S/C13H21N7/c1-17(2)13-15-11-10(9-14-19(11)4)12(16-13)20-7-5-18(3)6-8-20/h9H,5-8H2,1-4H3. The highest BCUT2D eigenvalue weighted by Gasteiger charge is 2.21. The smallest absolute Gasteiger partial charge is 0.228 e. The topological polar surface area (TPSA) is 53.3 Å². The van der Waals surface area contributed by atoms with Crippen LogP contribution in [0, 0.1) is 0 Å². The summed E-state index contributed by atoms with van der Waals surface area (Å²) in [7, 11) is 8.00. The molecule has 0 unspecified atom stereocenters. The Morgan fingerprint density at radius 1 is 1.05 bits per heavy atom. The van der Waals surface area contributed by atoms with Crippen molar-refractivity contribution in [2.75, 3.05) is 57.1 Å². The van der Waals surface area contributed by atoms with Crippen molar-refractivity contribution in [3.05, 3.63) is 6.20 Å². The highest BCUT2D eigenvalue weighted by Crippen LogP contribution is 2.26. The van der Waals surface area contributed by atoms with Crippen LogP contribution in [0.5, 0.6) is 0 Å². The summed E-state index contributed by atoms with van der Waals surface area (Å²) < 4.78 is 1.81. The van der Waals surface area contributed by atoms with Crippen molar-refractivity contribution >= 4 is 22.8 Å². The molecular formula is C13H21N7. The summed E-state index contributed by atoms with van der Waals surface area (Å²) in [4.78, 5) is 15.9. The number of aromatic nitrogens is 4. The van der Waals surface area contributed by atoms with Crippen molar-refractivity contribution in [3.8, 4) is 0 Å². The van der Waals surface area contributed by atoms with E-state index in [1.165, 1.54) is 0 Å². The average Bonchev–Trinajstić information content (AvgIpc) is 2.80. The number of anilines is 2. The first kappa shape index (κ1) is 13.1. The molecule has 0 spiro atoms. The Labute approximate surface area is 118 Å². The van der Waals surface area contributed by atoms with E-state index >= 15 is 0 Å². The van der Waals surface area contributed by atoms with Gasteiger partial charge in [-0.25, -0.2) is 0 Å². The van der Waals surface area contributed by atoms with Crippen molar-refractivity contribution in [1.29, 1.82) is 0 Å². The molecule has 1 saturated heterocycles. The first-order valence-corrected chi connectivity index (χ1v) is 6.87. The van der Waals surface area contributed by atoms with Gasteiger partial charge in [0.25, 0.3) is 0 Å². The van der Waals surface area contributed by atoms with E-state index in [1.807, 2.05) is 36.9 Å². The zero-order chi connectivity index (χ0) is 14.3. The molecule has 3 rings (SSSR count). The molecule has 1 fully saturated rings. The Balaban J connectivity index is 2.08. The van der Waals surface area contributed by atoms with Gasteiger partial charge in [0.05, 0.1) is 11.6 Å². The molecule has 0 aromatic carbocycles. The van der Waals surface area contributed by atoms with Crippen LogP contribution in [0.15, 0.2) is 6.20 Å². The lowest BCUT2D eigenvalue weighted by Crippen LogP contribution is -2.45. The van der Waals surface area contributed by atoms with Crippen LogP contribution < -0.4 is 9.80 Å². The molecule has 0 bridgehead atoms. The summed E-state index contributed by atoms with van der Waals surface area (Å²) in [6.45, 7) is 4.10. The van der Waals surface area contributed by atoms with Gasteiger partial charge in [-0.15, -0.1) is 0 Å². The molecule has 0 saturated carbocycles. The molecule has 1 aliphatic heterocycles. The molecule has 108 valence electrons. The maximum Gasteiger partial charge on any atom is 0.228 e. The Kier molecular flexibility index (Phi) is 3.21. The van der Waals surface area contributed by atoms with Crippen LogP contribution in [0.3, 0.4) is 0 Å². The quantitative estimate of drug-likeness (QED) is 0.779. The highest BCUT2D eigenvalue weighted by molar-refractivity contribution is 5.88. The molecule has 20 heavy (non-hydrogen) atoms. The number of likely N-dealkylation sites (N-methyl/N-ethyl adjacent to an activating group) is 1. The summed E-state index contributed by atoms with van der Waals surface area (Å²) in [5, 5.41) is 5.36. The molecule has 7 nitrogen and oxygen atoms in total. The monoisotopic (exact) mass is 275 g/mol. The van der Waals surface area contributed by atoms with Crippen molar-refractivity contribution < 1.29 is 0 Å². The molecule has 1 aliphatic rings.